The maximum atomic E-state index is 12.8. The number of para-hydroxylation sites is 1. The maximum absolute atomic E-state index is 12.8. The summed E-state index contributed by atoms with van der Waals surface area (Å²) < 4.78 is 13.0. The van der Waals surface area contributed by atoms with Crippen molar-refractivity contribution in [3.05, 3.63) is 47.8 Å². The van der Waals surface area contributed by atoms with Crippen LogP contribution < -0.4 is 10.1 Å². The van der Waals surface area contributed by atoms with Crippen molar-refractivity contribution in [3.8, 4) is 5.75 Å². The Labute approximate surface area is 159 Å². The van der Waals surface area contributed by atoms with Crippen LogP contribution in [0.3, 0.4) is 0 Å². The summed E-state index contributed by atoms with van der Waals surface area (Å²) >= 11 is 0. The number of methoxy groups -OCH3 is 1. The highest BCUT2D eigenvalue weighted by molar-refractivity contribution is 5.83. The van der Waals surface area contributed by atoms with E-state index in [1.165, 1.54) is 0 Å². The van der Waals surface area contributed by atoms with Crippen LogP contribution in [0.1, 0.15) is 36.3 Å². The normalized spacial score (nSPS) is 23.6. The van der Waals surface area contributed by atoms with E-state index in [-0.39, 0.29) is 17.2 Å². The topological polar surface area (TPSA) is 65.4 Å². The molecule has 1 aromatic heterocycles. The number of ether oxygens (including phenoxy) is 2. The minimum Gasteiger partial charge on any atom is -0.496 e. The molecule has 1 aliphatic heterocycles. The van der Waals surface area contributed by atoms with Gasteiger partial charge in [0.25, 0.3) is 0 Å². The van der Waals surface area contributed by atoms with Gasteiger partial charge in [0.2, 0.25) is 5.91 Å². The maximum Gasteiger partial charge on any atom is 0.223 e. The second-order valence-electron chi connectivity index (χ2n) is 7.71. The molecule has 0 spiro atoms. The van der Waals surface area contributed by atoms with Crippen LogP contribution in [-0.2, 0) is 22.0 Å². The number of amides is 1. The van der Waals surface area contributed by atoms with Crippen LogP contribution >= 0.6 is 0 Å². The van der Waals surface area contributed by atoms with Crippen molar-refractivity contribution in [2.45, 2.75) is 30.6 Å². The quantitative estimate of drug-likeness (QED) is 0.849. The van der Waals surface area contributed by atoms with Crippen molar-refractivity contribution in [2.75, 3.05) is 26.9 Å². The van der Waals surface area contributed by atoms with Crippen LogP contribution in [0, 0.1) is 5.92 Å². The SMILES string of the molecule is COc1ccccc1C1(CNC(=O)[C@H]2C[C@@H]2c2cnn(C)c2)CCOCC1. The molecule has 1 saturated carbocycles. The average Bonchev–Trinajstić information content (AvgIpc) is 3.40. The molecule has 0 radical (unpaired) electrons. The number of aryl methyl sites for hydroxylation is 1. The third kappa shape index (κ3) is 3.58. The van der Waals surface area contributed by atoms with Gasteiger partial charge in [-0.15, -0.1) is 0 Å². The number of aromatic nitrogens is 2. The molecule has 1 N–H and O–H groups in total. The summed E-state index contributed by atoms with van der Waals surface area (Å²) in [5.74, 6) is 1.39. The molecule has 1 amide bonds. The molecule has 4 rings (SSSR count). The Balaban J connectivity index is 1.46. The first-order valence-electron chi connectivity index (χ1n) is 9.60. The molecule has 1 aliphatic carbocycles. The number of nitrogens with zero attached hydrogens (tertiary/aromatic N) is 2. The summed E-state index contributed by atoms with van der Waals surface area (Å²) in [6.07, 6.45) is 6.54. The van der Waals surface area contributed by atoms with E-state index < -0.39 is 0 Å². The summed E-state index contributed by atoms with van der Waals surface area (Å²) in [6, 6.07) is 8.13. The van der Waals surface area contributed by atoms with Crippen molar-refractivity contribution in [1.82, 2.24) is 15.1 Å². The number of hydrogen-bond donors (Lipinski definition) is 1. The summed E-state index contributed by atoms with van der Waals surface area (Å²) in [7, 11) is 3.61. The van der Waals surface area contributed by atoms with Gasteiger partial charge in [0, 0.05) is 49.9 Å². The fourth-order valence-electron chi connectivity index (χ4n) is 4.26. The van der Waals surface area contributed by atoms with Gasteiger partial charge < -0.3 is 14.8 Å². The zero-order chi connectivity index (χ0) is 18.9. The largest absolute Gasteiger partial charge is 0.496 e. The second-order valence-corrected chi connectivity index (χ2v) is 7.71. The van der Waals surface area contributed by atoms with Crippen molar-refractivity contribution in [2.24, 2.45) is 13.0 Å². The lowest BCUT2D eigenvalue weighted by molar-refractivity contribution is -0.122. The van der Waals surface area contributed by atoms with Gasteiger partial charge in [-0.25, -0.2) is 0 Å². The lowest BCUT2D eigenvalue weighted by Crippen LogP contribution is -2.45. The van der Waals surface area contributed by atoms with E-state index in [0.29, 0.717) is 25.7 Å². The van der Waals surface area contributed by atoms with Crippen LogP contribution in [0.15, 0.2) is 36.7 Å². The Morgan fingerprint density at radius 2 is 2.15 bits per heavy atom. The highest BCUT2D eigenvalue weighted by Crippen LogP contribution is 2.47. The Morgan fingerprint density at radius 1 is 1.37 bits per heavy atom. The lowest BCUT2D eigenvalue weighted by Gasteiger charge is -2.38. The van der Waals surface area contributed by atoms with Crippen molar-refractivity contribution in [3.63, 3.8) is 0 Å². The molecule has 2 aliphatic rings. The minimum atomic E-state index is -0.140. The third-order valence-corrected chi connectivity index (χ3v) is 6.01. The van der Waals surface area contributed by atoms with Gasteiger partial charge in [0.05, 0.1) is 13.3 Å². The van der Waals surface area contributed by atoms with Crippen LogP contribution in [0.25, 0.3) is 0 Å². The molecule has 0 unspecified atom stereocenters. The fourth-order valence-corrected chi connectivity index (χ4v) is 4.26. The Morgan fingerprint density at radius 3 is 2.85 bits per heavy atom. The van der Waals surface area contributed by atoms with Crippen LogP contribution in [0.5, 0.6) is 5.75 Å². The van der Waals surface area contributed by atoms with Gasteiger partial charge in [-0.1, -0.05) is 18.2 Å². The van der Waals surface area contributed by atoms with Crippen LogP contribution in [0.4, 0.5) is 0 Å². The number of carbonyl (C=O) groups excluding carboxylic acids is 1. The molecule has 0 bridgehead atoms. The predicted molar refractivity (Wildman–Crippen MR) is 102 cm³/mol. The van der Waals surface area contributed by atoms with Gasteiger partial charge in [0.15, 0.2) is 0 Å². The van der Waals surface area contributed by atoms with Crippen LogP contribution in [-0.4, -0.2) is 42.6 Å². The van der Waals surface area contributed by atoms with E-state index in [9.17, 15) is 4.79 Å². The van der Waals surface area contributed by atoms with Gasteiger partial charge in [-0.3, -0.25) is 9.48 Å². The van der Waals surface area contributed by atoms with E-state index in [4.69, 9.17) is 9.47 Å². The third-order valence-electron chi connectivity index (χ3n) is 6.01. The van der Waals surface area contributed by atoms with Gasteiger partial charge in [-0.05, 0) is 36.8 Å². The van der Waals surface area contributed by atoms with Gasteiger partial charge in [-0.2, -0.15) is 5.10 Å². The number of nitrogens with one attached hydrogen (secondary N) is 1. The number of carbonyl (C=O) groups is 1. The summed E-state index contributed by atoms with van der Waals surface area (Å²) in [5, 5.41) is 7.45. The summed E-state index contributed by atoms with van der Waals surface area (Å²) in [4.78, 5) is 12.8. The van der Waals surface area contributed by atoms with Gasteiger partial charge >= 0.3 is 0 Å². The highest BCUT2D eigenvalue weighted by Gasteiger charge is 2.45. The molecule has 2 heterocycles. The average molecular weight is 369 g/mol. The van der Waals surface area contributed by atoms with E-state index in [1.54, 1.807) is 11.8 Å². The summed E-state index contributed by atoms with van der Waals surface area (Å²) in [6.45, 7) is 2.02. The fraction of sp³-hybridized carbons (Fsp3) is 0.524. The monoisotopic (exact) mass is 369 g/mol. The number of rotatable bonds is 6. The van der Waals surface area contributed by atoms with Crippen molar-refractivity contribution >= 4 is 5.91 Å². The summed E-state index contributed by atoms with van der Waals surface area (Å²) in [5.41, 5.74) is 2.18. The minimum absolute atomic E-state index is 0.0590. The number of hydrogen-bond acceptors (Lipinski definition) is 4. The molecule has 1 saturated heterocycles. The molecule has 2 fully saturated rings. The smallest absolute Gasteiger partial charge is 0.223 e. The Kier molecular flexibility index (Phi) is 4.91. The number of benzene rings is 1. The van der Waals surface area contributed by atoms with E-state index in [2.05, 4.69) is 16.5 Å². The van der Waals surface area contributed by atoms with Crippen LogP contribution in [0.2, 0.25) is 0 Å². The van der Waals surface area contributed by atoms with Crippen molar-refractivity contribution < 1.29 is 14.3 Å². The predicted octanol–water partition coefficient (Wildman–Crippen LogP) is 2.40. The Bertz CT molecular complexity index is 811. The molecular formula is C21H27N3O3. The molecule has 2 atom stereocenters. The second kappa shape index (κ2) is 7.35. The molecule has 6 nitrogen and oxygen atoms in total. The molecular weight excluding hydrogens is 342 g/mol. The first-order chi connectivity index (χ1) is 13.1. The first-order valence-corrected chi connectivity index (χ1v) is 9.60. The molecule has 1 aromatic carbocycles. The van der Waals surface area contributed by atoms with Crippen molar-refractivity contribution in [1.29, 1.82) is 0 Å². The van der Waals surface area contributed by atoms with Gasteiger partial charge in [0.1, 0.15) is 5.75 Å². The van der Waals surface area contributed by atoms with E-state index >= 15 is 0 Å². The lowest BCUT2D eigenvalue weighted by atomic mass is 9.73. The Hall–Kier alpha value is -2.34. The van der Waals surface area contributed by atoms with E-state index in [1.807, 2.05) is 37.6 Å². The molecule has 2 aromatic rings. The molecule has 144 valence electrons. The highest BCUT2D eigenvalue weighted by atomic mass is 16.5. The zero-order valence-corrected chi connectivity index (χ0v) is 16.0. The standard InChI is InChI=1S/C21H27N3O3/c1-24-13-15(12-23-24)16-11-17(16)20(25)22-14-21(7-9-27-10-8-21)18-5-3-4-6-19(18)26-2/h3-6,12-13,16-17H,7-11,14H2,1-2H3,(H,22,25)/t16-,17+/m1/s1. The van der Waals surface area contributed by atoms with E-state index in [0.717, 1.165) is 36.1 Å². The zero-order valence-electron chi connectivity index (χ0n) is 16.0. The molecule has 6 heteroatoms. The first kappa shape index (κ1) is 18.0. The molecule has 27 heavy (non-hydrogen) atoms.